The molecular formula is C18H23N3O2S. The van der Waals surface area contributed by atoms with E-state index in [1.807, 2.05) is 39.0 Å². The third kappa shape index (κ3) is 2.65. The van der Waals surface area contributed by atoms with Crippen LogP contribution in [-0.2, 0) is 10.0 Å². The average Bonchev–Trinajstić information content (AvgIpc) is 2.52. The zero-order chi connectivity index (χ0) is 17.5. The first-order valence-electron chi connectivity index (χ1n) is 8.16. The molecule has 0 spiro atoms. The molecule has 0 N–H and O–H groups in total. The van der Waals surface area contributed by atoms with Crippen molar-refractivity contribution in [3.63, 3.8) is 0 Å². The summed E-state index contributed by atoms with van der Waals surface area (Å²) in [5, 5.41) is 0. The van der Waals surface area contributed by atoms with Crippen LogP contribution in [0.2, 0.25) is 0 Å². The number of benzene rings is 1. The van der Waals surface area contributed by atoms with Gasteiger partial charge in [-0.15, -0.1) is 0 Å². The van der Waals surface area contributed by atoms with Gasteiger partial charge in [-0.05, 0) is 51.0 Å². The number of pyridine rings is 1. The molecule has 1 aromatic carbocycles. The highest BCUT2D eigenvalue weighted by Gasteiger charge is 2.33. The maximum Gasteiger partial charge on any atom is 0.265 e. The molecule has 0 radical (unpaired) electrons. The molecular weight excluding hydrogens is 322 g/mol. The summed E-state index contributed by atoms with van der Waals surface area (Å²) in [6, 6.07) is 7.47. The van der Waals surface area contributed by atoms with Crippen LogP contribution in [0.4, 0.5) is 11.5 Å². The molecule has 0 bridgehead atoms. The van der Waals surface area contributed by atoms with Crippen molar-refractivity contribution in [3.05, 3.63) is 47.2 Å². The topological polar surface area (TPSA) is 53.5 Å². The third-order valence-electron chi connectivity index (χ3n) is 4.44. The maximum absolute atomic E-state index is 13.4. The van der Waals surface area contributed by atoms with Crippen LogP contribution in [0.25, 0.3) is 0 Å². The highest BCUT2D eigenvalue weighted by Crippen LogP contribution is 2.36. The summed E-state index contributed by atoms with van der Waals surface area (Å²) in [7, 11) is -3.62. The molecule has 0 atom stereocenters. The van der Waals surface area contributed by atoms with E-state index in [9.17, 15) is 8.42 Å². The smallest absolute Gasteiger partial charge is 0.265 e. The first kappa shape index (κ1) is 16.8. The van der Waals surface area contributed by atoms with Crippen LogP contribution < -0.4 is 9.21 Å². The molecule has 1 aromatic heterocycles. The normalized spacial score (nSPS) is 14.7. The van der Waals surface area contributed by atoms with Gasteiger partial charge in [0.1, 0.15) is 0 Å². The van der Waals surface area contributed by atoms with Gasteiger partial charge in [0.15, 0.2) is 5.82 Å². The highest BCUT2D eigenvalue weighted by molar-refractivity contribution is 7.93. The van der Waals surface area contributed by atoms with Gasteiger partial charge in [0.2, 0.25) is 0 Å². The zero-order valence-electron chi connectivity index (χ0n) is 14.6. The molecule has 0 saturated heterocycles. The number of rotatable bonds is 3. The number of hydrogen-bond donors (Lipinski definition) is 0. The van der Waals surface area contributed by atoms with E-state index in [0.29, 0.717) is 23.7 Å². The molecule has 0 amide bonds. The van der Waals surface area contributed by atoms with E-state index in [4.69, 9.17) is 0 Å². The molecule has 1 aliphatic rings. The number of aryl methyl sites for hydroxylation is 3. The number of fused-ring (bicyclic) bond motifs is 1. The highest BCUT2D eigenvalue weighted by atomic mass is 32.2. The fourth-order valence-corrected chi connectivity index (χ4v) is 5.38. The minimum absolute atomic E-state index is 0.410. The summed E-state index contributed by atoms with van der Waals surface area (Å²) >= 11 is 0. The summed E-state index contributed by atoms with van der Waals surface area (Å²) in [5.41, 5.74) is 3.30. The van der Waals surface area contributed by atoms with Gasteiger partial charge in [0.05, 0.1) is 17.1 Å². The van der Waals surface area contributed by atoms with E-state index in [2.05, 4.69) is 16.8 Å². The molecule has 3 rings (SSSR count). The fourth-order valence-electron chi connectivity index (χ4n) is 3.51. The van der Waals surface area contributed by atoms with Gasteiger partial charge >= 0.3 is 0 Å². The van der Waals surface area contributed by atoms with Crippen LogP contribution in [0.5, 0.6) is 0 Å². The second kappa shape index (κ2) is 6.09. The third-order valence-corrected chi connectivity index (χ3v) is 6.56. The Morgan fingerprint density at radius 3 is 2.42 bits per heavy atom. The van der Waals surface area contributed by atoms with E-state index in [0.717, 1.165) is 29.1 Å². The largest absolute Gasteiger partial charge is 0.353 e. The lowest BCUT2D eigenvalue weighted by molar-refractivity contribution is 0.586. The van der Waals surface area contributed by atoms with Gasteiger partial charge < -0.3 is 4.90 Å². The summed E-state index contributed by atoms with van der Waals surface area (Å²) in [6.45, 7) is 9.64. The van der Waals surface area contributed by atoms with Crippen molar-refractivity contribution in [3.8, 4) is 0 Å². The monoisotopic (exact) mass is 345 g/mol. The average molecular weight is 345 g/mol. The van der Waals surface area contributed by atoms with Gasteiger partial charge in [-0.1, -0.05) is 17.7 Å². The van der Waals surface area contributed by atoms with E-state index in [1.54, 1.807) is 12.3 Å². The Kier molecular flexibility index (Phi) is 4.25. The summed E-state index contributed by atoms with van der Waals surface area (Å²) in [4.78, 5) is 6.93. The Hall–Kier alpha value is -2.08. The van der Waals surface area contributed by atoms with Crippen LogP contribution in [0.3, 0.4) is 0 Å². The molecule has 2 aromatic rings. The lowest BCUT2D eigenvalue weighted by Crippen LogP contribution is -2.44. The minimum Gasteiger partial charge on any atom is -0.353 e. The van der Waals surface area contributed by atoms with Gasteiger partial charge in [-0.2, -0.15) is 0 Å². The number of likely N-dealkylation sites (N-methyl/N-ethyl adjacent to an activating group) is 1. The molecule has 5 nitrogen and oxygen atoms in total. The van der Waals surface area contributed by atoms with Crippen LogP contribution in [0.15, 0.2) is 35.4 Å². The van der Waals surface area contributed by atoms with Crippen molar-refractivity contribution < 1.29 is 8.42 Å². The van der Waals surface area contributed by atoms with Crippen LogP contribution in [0, 0.1) is 20.8 Å². The Balaban J connectivity index is 2.16. The maximum atomic E-state index is 13.4. The van der Waals surface area contributed by atoms with Gasteiger partial charge in [0, 0.05) is 19.3 Å². The predicted octanol–water partition coefficient (Wildman–Crippen LogP) is 3.04. The van der Waals surface area contributed by atoms with Crippen molar-refractivity contribution >= 4 is 21.5 Å². The second-order valence-corrected chi connectivity index (χ2v) is 8.03. The van der Waals surface area contributed by atoms with Crippen molar-refractivity contribution in [2.75, 3.05) is 28.8 Å². The SMILES string of the molecule is CCN1CCN(S(=O)(=O)c2c(C)cc(C)cc2C)c2cccnc21. The second-order valence-electron chi connectivity index (χ2n) is 6.23. The fraction of sp³-hybridized carbons (Fsp3) is 0.389. The quantitative estimate of drug-likeness (QED) is 0.858. The molecule has 0 fully saturated rings. The van der Waals surface area contributed by atoms with Gasteiger partial charge in [0.25, 0.3) is 10.0 Å². The Bertz CT molecular complexity index is 855. The molecule has 128 valence electrons. The number of nitrogens with zero attached hydrogens (tertiary/aromatic N) is 3. The van der Waals surface area contributed by atoms with Crippen molar-refractivity contribution in [2.45, 2.75) is 32.6 Å². The Labute approximate surface area is 144 Å². The molecule has 2 heterocycles. The molecule has 0 saturated carbocycles. The molecule has 1 aliphatic heterocycles. The van der Waals surface area contributed by atoms with Crippen molar-refractivity contribution in [2.24, 2.45) is 0 Å². The minimum atomic E-state index is -3.62. The number of sulfonamides is 1. The predicted molar refractivity (Wildman–Crippen MR) is 97.3 cm³/mol. The lowest BCUT2D eigenvalue weighted by Gasteiger charge is -2.37. The van der Waals surface area contributed by atoms with E-state index >= 15 is 0 Å². The first-order chi connectivity index (χ1) is 11.4. The first-order valence-corrected chi connectivity index (χ1v) is 9.60. The van der Waals surface area contributed by atoms with E-state index < -0.39 is 10.0 Å². The van der Waals surface area contributed by atoms with Crippen LogP contribution in [-0.4, -0.2) is 33.0 Å². The molecule has 0 aliphatic carbocycles. The van der Waals surface area contributed by atoms with Gasteiger partial charge in [-0.3, -0.25) is 4.31 Å². The number of hydrogen-bond acceptors (Lipinski definition) is 4. The summed E-state index contributed by atoms with van der Waals surface area (Å²) < 4.78 is 28.3. The summed E-state index contributed by atoms with van der Waals surface area (Å²) in [6.07, 6.45) is 1.71. The lowest BCUT2D eigenvalue weighted by atomic mass is 10.1. The summed E-state index contributed by atoms with van der Waals surface area (Å²) in [5.74, 6) is 0.734. The molecule has 0 unspecified atom stereocenters. The number of aromatic nitrogens is 1. The van der Waals surface area contributed by atoms with Crippen LogP contribution in [0.1, 0.15) is 23.6 Å². The van der Waals surface area contributed by atoms with Crippen molar-refractivity contribution in [1.82, 2.24) is 4.98 Å². The zero-order valence-corrected chi connectivity index (χ0v) is 15.4. The van der Waals surface area contributed by atoms with Gasteiger partial charge in [-0.25, -0.2) is 13.4 Å². The molecule has 24 heavy (non-hydrogen) atoms. The molecule has 6 heteroatoms. The standard InChI is InChI=1S/C18H23N3O2S/c1-5-20-9-10-21(16-7-6-8-19-18(16)20)24(22,23)17-14(3)11-13(2)12-15(17)4/h6-8,11-12H,5,9-10H2,1-4H3. The van der Waals surface area contributed by atoms with E-state index in [1.165, 1.54) is 4.31 Å². The van der Waals surface area contributed by atoms with Crippen molar-refractivity contribution in [1.29, 1.82) is 0 Å². The van der Waals surface area contributed by atoms with Crippen LogP contribution >= 0.6 is 0 Å². The Morgan fingerprint density at radius 1 is 1.12 bits per heavy atom. The Morgan fingerprint density at radius 2 is 1.79 bits per heavy atom. The number of anilines is 2. The van der Waals surface area contributed by atoms with E-state index in [-0.39, 0.29) is 0 Å².